The lowest BCUT2D eigenvalue weighted by Gasteiger charge is -2.49. The van der Waals surface area contributed by atoms with Crippen LogP contribution in [0.2, 0.25) is 0 Å². The summed E-state index contributed by atoms with van der Waals surface area (Å²) in [6, 6.07) is -0.200. The summed E-state index contributed by atoms with van der Waals surface area (Å²) in [5.74, 6) is -4.44. The second-order valence-electron chi connectivity index (χ2n) is 16.8. The zero-order valence-electron chi connectivity index (χ0n) is 36.3. The van der Waals surface area contributed by atoms with Gasteiger partial charge in [0.1, 0.15) is 29.6 Å². The van der Waals surface area contributed by atoms with Gasteiger partial charge in [-0.25, -0.2) is 0 Å². The number of carbonyl (C=O) groups is 2. The SMILES string of the molecule is CC[C@H]1OC(=O)[C@H](C)[C@@H](O[C@H]2C[C@@](C)(OC)[C@@H](O)[C@H](C)O2)[C@H](C)[C@@H](O[C@@H]2O[C@H](C)C[C@H]([NH+](C)C)[C@H]2O)[C@](C)(OC)C[C@@H](C)C(=O)[C@H](C)[C@@H](O)[C@]1(C)O.O.O.O.O.[Cl-]. The van der Waals surface area contributed by atoms with Crippen LogP contribution in [0.4, 0.5) is 0 Å². The number of methoxy groups -OCH3 is 2. The predicted octanol–water partition coefficient (Wildman–Crippen LogP) is -5.27. The fourth-order valence-electron chi connectivity index (χ4n) is 8.67. The molecule has 3 aliphatic heterocycles. The molecular weight excluding hydrogens is 778 g/mol. The first-order valence-corrected chi connectivity index (χ1v) is 19.0. The first-order valence-electron chi connectivity index (χ1n) is 19.0. The molecule has 3 aliphatic rings. The average Bonchev–Trinajstić information content (AvgIpc) is 3.09. The molecule has 3 saturated heterocycles. The number of carbonyl (C=O) groups excluding carboxylic acids is 2. The Kier molecular flexibility index (Phi) is 25.0. The van der Waals surface area contributed by atoms with Crippen LogP contribution in [-0.4, -0.2) is 167 Å². The minimum Gasteiger partial charge on any atom is -1.00 e. The number of nitrogens with one attached hydrogen (secondary N) is 1. The van der Waals surface area contributed by atoms with Gasteiger partial charge in [0.15, 0.2) is 18.7 Å². The highest BCUT2D eigenvalue weighted by molar-refractivity contribution is 5.83. The van der Waals surface area contributed by atoms with Crippen molar-refractivity contribution in [3.05, 3.63) is 0 Å². The van der Waals surface area contributed by atoms with Gasteiger partial charge in [0.2, 0.25) is 0 Å². The average molecular weight is 856 g/mol. The van der Waals surface area contributed by atoms with Crippen molar-refractivity contribution in [2.24, 2.45) is 23.7 Å². The van der Waals surface area contributed by atoms with Gasteiger partial charge in [-0.05, 0) is 54.4 Å². The molecule has 0 aromatic heterocycles. The predicted molar refractivity (Wildman–Crippen MR) is 205 cm³/mol. The smallest absolute Gasteiger partial charge is 0.311 e. The summed E-state index contributed by atoms with van der Waals surface area (Å²) in [4.78, 5) is 29.2. The molecule has 0 amide bonds. The van der Waals surface area contributed by atoms with Crippen molar-refractivity contribution >= 4 is 11.8 Å². The molecule has 3 heterocycles. The van der Waals surface area contributed by atoms with E-state index in [9.17, 15) is 30.0 Å². The summed E-state index contributed by atoms with van der Waals surface area (Å²) < 4.78 is 43.9. The fourth-order valence-corrected chi connectivity index (χ4v) is 8.67. The Labute approximate surface area is 344 Å². The lowest BCUT2D eigenvalue weighted by atomic mass is 9.74. The number of Topliss-reactive ketones (excluding diaryl/α,β-unsaturated/α-hetero) is 1. The van der Waals surface area contributed by atoms with Gasteiger partial charge in [0, 0.05) is 44.8 Å². The van der Waals surface area contributed by atoms with Crippen molar-refractivity contribution in [2.75, 3.05) is 28.3 Å². The highest BCUT2D eigenvalue weighted by Crippen LogP contribution is 2.41. The van der Waals surface area contributed by atoms with Crippen LogP contribution in [0, 0.1) is 23.7 Å². The van der Waals surface area contributed by atoms with Crippen LogP contribution >= 0.6 is 0 Å². The Morgan fingerprint density at radius 3 is 1.84 bits per heavy atom. The number of likely N-dealkylation sites (N-methyl/N-ethyl adjacent to an activating group) is 1. The van der Waals surface area contributed by atoms with E-state index in [-0.39, 0.29) is 71.5 Å². The molecule has 0 saturated carbocycles. The van der Waals surface area contributed by atoms with Crippen LogP contribution in [0.15, 0.2) is 0 Å². The van der Waals surface area contributed by atoms with Crippen LogP contribution in [0.1, 0.15) is 94.9 Å². The molecule has 19 heteroatoms. The van der Waals surface area contributed by atoms with Crippen LogP contribution in [0.5, 0.6) is 0 Å². The van der Waals surface area contributed by atoms with Gasteiger partial charge in [0.05, 0.1) is 61.7 Å². The number of halogens is 1. The van der Waals surface area contributed by atoms with E-state index in [4.69, 9.17) is 33.2 Å². The second-order valence-corrected chi connectivity index (χ2v) is 16.8. The largest absolute Gasteiger partial charge is 1.00 e. The van der Waals surface area contributed by atoms with Gasteiger partial charge < -0.3 is 92.8 Å². The fraction of sp³-hybridized carbons (Fsp3) is 0.947. The minimum absolute atomic E-state index is 0. The minimum atomic E-state index is -1.96. The molecule has 0 aliphatic carbocycles. The number of ketones is 1. The van der Waals surface area contributed by atoms with Crippen molar-refractivity contribution in [3.8, 4) is 0 Å². The zero-order chi connectivity index (χ0) is 39.7. The van der Waals surface area contributed by atoms with Gasteiger partial charge in [-0.2, -0.15) is 0 Å². The van der Waals surface area contributed by atoms with E-state index < -0.39 is 102 Å². The van der Waals surface area contributed by atoms with E-state index >= 15 is 0 Å². The molecule has 13 N–H and O–H groups in total. The van der Waals surface area contributed by atoms with Gasteiger partial charge in [0.25, 0.3) is 0 Å². The normalized spacial score (nSPS) is 44.7. The maximum absolute atomic E-state index is 14.2. The molecule has 18 nitrogen and oxygen atoms in total. The van der Waals surface area contributed by atoms with Crippen LogP contribution in [0.3, 0.4) is 0 Å². The lowest BCUT2D eigenvalue weighted by Crippen LogP contribution is -3.12. The number of cyclic esters (lactones) is 1. The zero-order valence-corrected chi connectivity index (χ0v) is 37.1. The Morgan fingerprint density at radius 1 is 0.807 bits per heavy atom. The third-order valence-electron chi connectivity index (χ3n) is 12.4. The second kappa shape index (κ2) is 23.7. The molecule has 0 spiro atoms. The molecule has 344 valence electrons. The molecule has 18 atom stereocenters. The number of esters is 1. The number of ether oxygens (including phenoxy) is 7. The monoisotopic (exact) mass is 855 g/mol. The van der Waals surface area contributed by atoms with Gasteiger partial charge in [-0.15, -0.1) is 0 Å². The van der Waals surface area contributed by atoms with Gasteiger partial charge in [-0.3, -0.25) is 9.59 Å². The van der Waals surface area contributed by atoms with Crippen molar-refractivity contribution in [1.82, 2.24) is 0 Å². The Bertz CT molecular complexity index is 1200. The summed E-state index contributed by atoms with van der Waals surface area (Å²) in [5, 5.41) is 45.6. The van der Waals surface area contributed by atoms with E-state index in [0.29, 0.717) is 6.42 Å². The number of rotatable bonds is 8. The lowest BCUT2D eigenvalue weighted by molar-refractivity contribution is -0.893. The van der Waals surface area contributed by atoms with E-state index in [2.05, 4.69) is 0 Å². The highest BCUT2D eigenvalue weighted by Gasteiger charge is 2.54. The van der Waals surface area contributed by atoms with Crippen molar-refractivity contribution in [2.45, 2.75) is 179 Å². The van der Waals surface area contributed by atoms with Crippen molar-refractivity contribution in [1.29, 1.82) is 0 Å². The highest BCUT2D eigenvalue weighted by atomic mass is 35.5. The number of aliphatic hydroxyl groups is 4. The third kappa shape index (κ3) is 12.9. The van der Waals surface area contributed by atoms with Crippen LogP contribution in [0.25, 0.3) is 0 Å². The van der Waals surface area contributed by atoms with Crippen molar-refractivity contribution in [3.63, 3.8) is 0 Å². The molecule has 3 rings (SSSR count). The summed E-state index contributed by atoms with van der Waals surface area (Å²) in [6.45, 7) is 17.1. The van der Waals surface area contributed by atoms with Crippen molar-refractivity contribution < 1.29 is 102 Å². The summed E-state index contributed by atoms with van der Waals surface area (Å²) in [6.07, 6.45) is -8.58. The van der Waals surface area contributed by atoms with Gasteiger partial charge >= 0.3 is 5.97 Å². The van der Waals surface area contributed by atoms with Gasteiger partial charge in [-0.1, -0.05) is 27.7 Å². The topological polar surface area (TPSA) is 310 Å². The number of hydrogen-bond acceptors (Lipinski definition) is 13. The maximum Gasteiger partial charge on any atom is 0.311 e. The Balaban J connectivity index is -0.00000583. The standard InChI is InChI=1S/C38H69NO13.ClH.4H2O/c1-15-26-38(10,45)31(42)21(4)28(40)19(2)17-37(9,47-14)33(52-35-29(41)25(39(11)12)16-20(3)48-35)22(5)30(23(6)34(44)50-26)51-27-18-36(8,46-13)32(43)24(7)49-27;;;;;/h19-27,29-33,35,41-43,45H,15-18H2,1-14H3;1H;4*1H2/t19-,20-,21+,22+,23-,24+,25+,26-,27+,29-,30+,31-,32+,33-,35+,36-,37-,38-;;;;;/m1...../s1. The van der Waals surface area contributed by atoms with Crippen LogP contribution < -0.4 is 17.3 Å². The Morgan fingerprint density at radius 2 is 1.35 bits per heavy atom. The molecule has 3 fully saturated rings. The summed E-state index contributed by atoms with van der Waals surface area (Å²) >= 11 is 0. The number of aliphatic hydroxyl groups excluding tert-OH is 3. The van der Waals surface area contributed by atoms with E-state index in [1.54, 1.807) is 48.5 Å². The molecule has 0 unspecified atom stereocenters. The molecule has 0 aromatic rings. The first kappa shape index (κ1) is 60.1. The molecule has 0 aromatic carbocycles. The summed E-state index contributed by atoms with van der Waals surface area (Å²) in [5.41, 5.74) is -4.23. The van der Waals surface area contributed by atoms with E-state index in [1.807, 2.05) is 27.9 Å². The van der Waals surface area contributed by atoms with E-state index in [1.165, 1.54) is 21.1 Å². The number of hydrogen-bond donors (Lipinski definition) is 5. The molecular formula is C38H78ClNO17. The quantitative estimate of drug-likeness (QED) is 0.143. The third-order valence-corrected chi connectivity index (χ3v) is 12.4. The van der Waals surface area contributed by atoms with E-state index in [0.717, 1.165) is 4.90 Å². The molecule has 0 radical (unpaired) electrons. The Hall–Kier alpha value is -1.17. The molecule has 57 heavy (non-hydrogen) atoms. The summed E-state index contributed by atoms with van der Waals surface area (Å²) in [7, 11) is 6.94. The first-order chi connectivity index (χ1) is 24.0. The molecule has 0 bridgehead atoms. The number of quaternary nitrogens is 1. The maximum atomic E-state index is 14.2. The van der Waals surface area contributed by atoms with Crippen LogP contribution in [-0.2, 0) is 42.7 Å².